The Bertz CT molecular complexity index is 623. The first-order valence-corrected chi connectivity index (χ1v) is 6.49. The fraction of sp³-hybridized carbons (Fsp3) is 0.333. The van der Waals surface area contributed by atoms with Gasteiger partial charge in [-0.1, -0.05) is 12.1 Å². The Balaban J connectivity index is 2.27. The van der Waals surface area contributed by atoms with Crippen molar-refractivity contribution in [3.05, 3.63) is 41.7 Å². The van der Waals surface area contributed by atoms with Crippen LogP contribution in [-0.4, -0.2) is 21.5 Å². The van der Waals surface area contributed by atoms with Crippen molar-refractivity contribution in [2.24, 2.45) is 5.10 Å². The van der Waals surface area contributed by atoms with Crippen LogP contribution in [0.5, 0.6) is 5.75 Å². The molecule has 0 atom stereocenters. The molecule has 1 heterocycles. The Morgan fingerprint density at radius 3 is 2.60 bits per heavy atom. The third kappa shape index (κ3) is 3.60. The number of hydrogen-bond donors (Lipinski definition) is 1. The summed E-state index contributed by atoms with van der Waals surface area (Å²) in [5.74, 6) is 1.16. The molecule has 0 spiro atoms. The zero-order valence-corrected chi connectivity index (χ0v) is 12.3. The first-order valence-electron chi connectivity index (χ1n) is 6.49. The van der Waals surface area contributed by atoms with Gasteiger partial charge in [-0.3, -0.25) is 0 Å². The number of aryl methyl sites for hydroxylation is 1. The fourth-order valence-electron chi connectivity index (χ4n) is 1.73. The van der Waals surface area contributed by atoms with Gasteiger partial charge >= 0.3 is 0 Å². The highest BCUT2D eigenvalue weighted by molar-refractivity contribution is 5.83. The molecule has 0 saturated carbocycles. The van der Waals surface area contributed by atoms with Crippen LogP contribution in [0.15, 0.2) is 35.6 Å². The smallest absolute Gasteiger partial charge is 0.221 e. The molecule has 1 aromatic heterocycles. The summed E-state index contributed by atoms with van der Waals surface area (Å²) < 4.78 is 7.45. The molecule has 0 aliphatic rings. The molecule has 0 unspecified atom stereocenters. The number of rotatable bonds is 3. The second-order valence-electron chi connectivity index (χ2n) is 5.58. The van der Waals surface area contributed by atoms with Gasteiger partial charge in [-0.15, -0.1) is 0 Å². The van der Waals surface area contributed by atoms with E-state index in [2.05, 4.69) is 10.1 Å². The monoisotopic (exact) mass is 272 g/mol. The van der Waals surface area contributed by atoms with Gasteiger partial charge in [0.1, 0.15) is 11.4 Å². The van der Waals surface area contributed by atoms with E-state index in [0.29, 0.717) is 5.95 Å². The second-order valence-corrected chi connectivity index (χ2v) is 5.58. The van der Waals surface area contributed by atoms with Crippen LogP contribution in [0.25, 0.3) is 0 Å². The molecule has 2 aromatic rings. The largest absolute Gasteiger partial charge is 0.487 e. The van der Waals surface area contributed by atoms with Crippen molar-refractivity contribution in [3.63, 3.8) is 0 Å². The minimum Gasteiger partial charge on any atom is -0.487 e. The van der Waals surface area contributed by atoms with E-state index in [1.165, 1.54) is 0 Å². The topological polar surface area (TPSA) is 65.4 Å². The second kappa shape index (κ2) is 5.36. The molecule has 0 saturated heterocycles. The summed E-state index contributed by atoms with van der Waals surface area (Å²) in [6.07, 6.45) is 3.50. The average Bonchev–Trinajstić information content (AvgIpc) is 2.65. The molecule has 20 heavy (non-hydrogen) atoms. The number of imidazole rings is 1. The molecule has 0 fully saturated rings. The van der Waals surface area contributed by atoms with Gasteiger partial charge in [-0.05, 0) is 39.8 Å². The highest BCUT2D eigenvalue weighted by Gasteiger charge is 2.13. The SMILES string of the molecule is Cc1cn(N=Cc2ccccc2OC(C)(C)C)c(N)n1. The molecule has 5 heteroatoms. The molecule has 2 N–H and O–H groups in total. The zero-order valence-electron chi connectivity index (χ0n) is 12.3. The van der Waals surface area contributed by atoms with E-state index < -0.39 is 0 Å². The van der Waals surface area contributed by atoms with E-state index in [4.69, 9.17) is 10.5 Å². The maximum Gasteiger partial charge on any atom is 0.221 e. The number of ether oxygens (including phenoxy) is 1. The Kier molecular flexibility index (Phi) is 3.79. The molecule has 0 aliphatic carbocycles. The number of nitrogens with zero attached hydrogens (tertiary/aromatic N) is 3. The van der Waals surface area contributed by atoms with Gasteiger partial charge in [-0.2, -0.15) is 5.10 Å². The molecule has 1 aromatic carbocycles. The number of aromatic nitrogens is 2. The van der Waals surface area contributed by atoms with Crippen molar-refractivity contribution < 1.29 is 4.74 Å². The van der Waals surface area contributed by atoms with Crippen LogP contribution in [0, 0.1) is 6.92 Å². The van der Waals surface area contributed by atoms with E-state index in [1.807, 2.05) is 52.0 Å². The van der Waals surface area contributed by atoms with E-state index in [1.54, 1.807) is 17.1 Å². The predicted octanol–water partition coefficient (Wildman–Crippen LogP) is 2.83. The number of nitrogen functional groups attached to an aromatic ring is 1. The summed E-state index contributed by atoms with van der Waals surface area (Å²) >= 11 is 0. The van der Waals surface area contributed by atoms with Crippen molar-refractivity contribution in [1.29, 1.82) is 0 Å². The molecule has 0 aliphatic heterocycles. The maximum absolute atomic E-state index is 5.91. The lowest BCUT2D eigenvalue weighted by molar-refractivity contribution is 0.130. The summed E-state index contributed by atoms with van der Waals surface area (Å²) in [5.41, 5.74) is 7.23. The minimum atomic E-state index is -0.255. The highest BCUT2D eigenvalue weighted by atomic mass is 16.5. The number of nitrogens with two attached hydrogens (primary N) is 1. The number of hydrogen-bond acceptors (Lipinski definition) is 4. The quantitative estimate of drug-likeness (QED) is 0.874. The standard InChI is InChI=1S/C15H20N4O/c1-11-10-19(14(16)18-11)17-9-12-7-5-6-8-13(12)20-15(2,3)4/h5-10H,1-4H3,(H2,16,18). The van der Waals surface area contributed by atoms with Crippen molar-refractivity contribution in [1.82, 2.24) is 9.66 Å². The van der Waals surface area contributed by atoms with Crippen LogP contribution < -0.4 is 10.5 Å². The molecule has 0 bridgehead atoms. The fourth-order valence-corrected chi connectivity index (χ4v) is 1.73. The van der Waals surface area contributed by atoms with Crippen LogP contribution in [0.3, 0.4) is 0 Å². The van der Waals surface area contributed by atoms with Crippen LogP contribution in [0.2, 0.25) is 0 Å². The van der Waals surface area contributed by atoms with Crippen molar-refractivity contribution in [2.75, 3.05) is 5.73 Å². The Morgan fingerprint density at radius 1 is 1.30 bits per heavy atom. The first-order chi connectivity index (χ1) is 9.35. The molecular weight excluding hydrogens is 252 g/mol. The summed E-state index contributed by atoms with van der Waals surface area (Å²) in [5, 5.41) is 4.31. The third-order valence-corrected chi connectivity index (χ3v) is 2.49. The summed E-state index contributed by atoms with van der Waals surface area (Å²) in [4.78, 5) is 4.10. The van der Waals surface area contributed by atoms with Crippen molar-refractivity contribution in [3.8, 4) is 5.75 Å². The summed E-state index contributed by atoms with van der Waals surface area (Å²) in [6, 6.07) is 7.76. The summed E-state index contributed by atoms with van der Waals surface area (Å²) in [7, 11) is 0. The first kappa shape index (κ1) is 14.1. The molecule has 0 amide bonds. The van der Waals surface area contributed by atoms with Gasteiger partial charge in [0.25, 0.3) is 0 Å². The lowest BCUT2D eigenvalue weighted by Crippen LogP contribution is -2.23. The summed E-state index contributed by atoms with van der Waals surface area (Å²) in [6.45, 7) is 7.91. The van der Waals surface area contributed by atoms with Gasteiger partial charge < -0.3 is 10.5 Å². The Labute approximate surface area is 119 Å². The van der Waals surface area contributed by atoms with Crippen LogP contribution in [0.4, 0.5) is 5.95 Å². The molecular formula is C15H20N4O. The van der Waals surface area contributed by atoms with Gasteiger partial charge in [0.15, 0.2) is 0 Å². The lowest BCUT2D eigenvalue weighted by atomic mass is 10.1. The Hall–Kier alpha value is -2.30. The molecule has 0 radical (unpaired) electrons. The number of para-hydroxylation sites is 1. The molecule has 106 valence electrons. The number of benzene rings is 1. The maximum atomic E-state index is 5.91. The van der Waals surface area contributed by atoms with E-state index in [-0.39, 0.29) is 5.60 Å². The van der Waals surface area contributed by atoms with Gasteiger partial charge in [0.2, 0.25) is 5.95 Å². The van der Waals surface area contributed by atoms with Crippen LogP contribution in [-0.2, 0) is 0 Å². The Morgan fingerprint density at radius 2 is 2.00 bits per heavy atom. The molecule has 5 nitrogen and oxygen atoms in total. The van der Waals surface area contributed by atoms with E-state index in [0.717, 1.165) is 17.0 Å². The highest BCUT2D eigenvalue weighted by Crippen LogP contribution is 2.21. The van der Waals surface area contributed by atoms with Crippen LogP contribution >= 0.6 is 0 Å². The third-order valence-electron chi connectivity index (χ3n) is 2.49. The van der Waals surface area contributed by atoms with Crippen molar-refractivity contribution >= 4 is 12.2 Å². The average molecular weight is 272 g/mol. The minimum absolute atomic E-state index is 0.255. The van der Waals surface area contributed by atoms with E-state index in [9.17, 15) is 0 Å². The normalized spacial score (nSPS) is 12.0. The number of anilines is 1. The zero-order chi connectivity index (χ0) is 14.8. The van der Waals surface area contributed by atoms with Crippen molar-refractivity contribution in [2.45, 2.75) is 33.3 Å². The van der Waals surface area contributed by atoms with Gasteiger partial charge in [0, 0.05) is 5.56 Å². The predicted molar refractivity (Wildman–Crippen MR) is 81.2 cm³/mol. The van der Waals surface area contributed by atoms with Crippen LogP contribution in [0.1, 0.15) is 32.0 Å². The lowest BCUT2D eigenvalue weighted by Gasteiger charge is -2.22. The van der Waals surface area contributed by atoms with E-state index >= 15 is 0 Å². The van der Waals surface area contributed by atoms with Gasteiger partial charge in [0.05, 0.1) is 18.1 Å². The van der Waals surface area contributed by atoms with Gasteiger partial charge in [-0.25, -0.2) is 9.66 Å². The molecule has 2 rings (SSSR count).